The highest BCUT2D eigenvalue weighted by molar-refractivity contribution is 7.89. The van der Waals surface area contributed by atoms with Gasteiger partial charge in [-0.05, 0) is 62.3 Å². The second-order valence-electron chi connectivity index (χ2n) is 8.43. The van der Waals surface area contributed by atoms with E-state index < -0.39 is 10.0 Å². The number of sulfonamides is 1. The summed E-state index contributed by atoms with van der Waals surface area (Å²) in [5.41, 5.74) is 1.17. The van der Waals surface area contributed by atoms with Crippen LogP contribution in [-0.4, -0.2) is 42.8 Å². The van der Waals surface area contributed by atoms with Gasteiger partial charge in [0, 0.05) is 37.0 Å². The number of nitrogens with zero attached hydrogens (tertiary/aromatic N) is 2. The fourth-order valence-electron chi connectivity index (χ4n) is 3.74. The van der Waals surface area contributed by atoms with Gasteiger partial charge >= 0.3 is 0 Å². The van der Waals surface area contributed by atoms with Crippen LogP contribution in [0.2, 0.25) is 0 Å². The molecule has 2 heterocycles. The summed E-state index contributed by atoms with van der Waals surface area (Å²) in [5.74, 6) is 0.933. The largest absolute Gasteiger partial charge is 0.477 e. The lowest BCUT2D eigenvalue weighted by atomic mass is 10.1. The molecule has 1 saturated heterocycles. The van der Waals surface area contributed by atoms with Crippen molar-refractivity contribution in [3.63, 3.8) is 0 Å². The van der Waals surface area contributed by atoms with Gasteiger partial charge in [0.15, 0.2) is 0 Å². The highest BCUT2D eigenvalue weighted by atomic mass is 32.2. The Morgan fingerprint density at radius 3 is 2.74 bits per heavy atom. The number of carbonyl (C=O) groups excluding carboxylic acids is 1. The fourth-order valence-corrected chi connectivity index (χ4v) is 5.48. The van der Waals surface area contributed by atoms with Gasteiger partial charge in [0.05, 0.1) is 11.5 Å². The minimum atomic E-state index is -3.62. The third-order valence-electron chi connectivity index (χ3n) is 5.86. The number of hydrogen-bond donors (Lipinski definition) is 1. The maximum absolute atomic E-state index is 13.1. The average molecular weight is 444 g/mol. The monoisotopic (exact) mass is 443 g/mol. The molecule has 166 valence electrons. The minimum absolute atomic E-state index is 0.0278. The zero-order chi connectivity index (χ0) is 21.8. The predicted molar refractivity (Wildman–Crippen MR) is 117 cm³/mol. The molecule has 1 amide bonds. The molecule has 1 N–H and O–H groups in total. The summed E-state index contributed by atoms with van der Waals surface area (Å²) < 4.78 is 33.3. The van der Waals surface area contributed by atoms with E-state index in [9.17, 15) is 13.2 Å². The molecule has 1 saturated carbocycles. The van der Waals surface area contributed by atoms with Gasteiger partial charge in [-0.1, -0.05) is 18.6 Å². The van der Waals surface area contributed by atoms with Gasteiger partial charge < -0.3 is 10.1 Å². The topological polar surface area (TPSA) is 88.6 Å². The van der Waals surface area contributed by atoms with Gasteiger partial charge in [0.2, 0.25) is 15.9 Å². The quantitative estimate of drug-likeness (QED) is 0.676. The number of nitrogens with one attached hydrogen (secondary N) is 1. The molecule has 1 aromatic heterocycles. The Morgan fingerprint density at radius 1 is 1.19 bits per heavy atom. The molecule has 2 aliphatic rings. The molecule has 7 nitrogen and oxygen atoms in total. The number of piperidine rings is 1. The highest BCUT2D eigenvalue weighted by Crippen LogP contribution is 2.29. The molecule has 1 unspecified atom stereocenters. The Labute approximate surface area is 183 Å². The number of amides is 1. The van der Waals surface area contributed by atoms with Gasteiger partial charge in [-0.25, -0.2) is 13.4 Å². The van der Waals surface area contributed by atoms with E-state index in [1.165, 1.54) is 18.9 Å². The number of pyridine rings is 1. The van der Waals surface area contributed by atoms with E-state index in [0.717, 1.165) is 24.8 Å². The lowest BCUT2D eigenvalue weighted by molar-refractivity contribution is 0.0950. The summed E-state index contributed by atoms with van der Waals surface area (Å²) in [6, 6.07) is 9.90. The zero-order valence-electron chi connectivity index (χ0n) is 17.8. The third kappa shape index (κ3) is 5.43. The van der Waals surface area contributed by atoms with Crippen LogP contribution in [0.25, 0.3) is 0 Å². The van der Waals surface area contributed by atoms with Crippen molar-refractivity contribution in [1.82, 2.24) is 14.6 Å². The summed E-state index contributed by atoms with van der Waals surface area (Å²) in [6.07, 6.45) is 6.90. The van der Waals surface area contributed by atoms with Crippen LogP contribution in [0, 0.1) is 5.92 Å². The molecule has 1 aromatic carbocycles. The van der Waals surface area contributed by atoms with Gasteiger partial charge in [0.25, 0.3) is 5.91 Å². The van der Waals surface area contributed by atoms with E-state index in [1.807, 2.05) is 13.0 Å². The number of ether oxygens (including phenoxy) is 1. The number of benzene rings is 1. The lowest BCUT2D eigenvalue weighted by Gasteiger charge is -2.32. The van der Waals surface area contributed by atoms with Gasteiger partial charge in [-0.2, -0.15) is 4.31 Å². The maximum atomic E-state index is 13.1. The molecule has 1 aliphatic heterocycles. The van der Waals surface area contributed by atoms with Crippen molar-refractivity contribution in [2.24, 2.45) is 5.92 Å². The summed E-state index contributed by atoms with van der Waals surface area (Å²) >= 11 is 0. The van der Waals surface area contributed by atoms with Crippen molar-refractivity contribution in [3.8, 4) is 5.88 Å². The van der Waals surface area contributed by atoms with Crippen LogP contribution in [0.15, 0.2) is 47.5 Å². The Balaban J connectivity index is 1.37. The molecule has 2 aromatic rings. The predicted octanol–water partition coefficient (Wildman–Crippen LogP) is 3.36. The van der Waals surface area contributed by atoms with Crippen molar-refractivity contribution in [3.05, 3.63) is 53.7 Å². The normalized spacial score (nSPS) is 19.7. The number of rotatable bonds is 8. The molecule has 0 spiro atoms. The smallest absolute Gasteiger partial charge is 0.251 e. The van der Waals surface area contributed by atoms with Crippen LogP contribution in [0.4, 0.5) is 0 Å². The van der Waals surface area contributed by atoms with Crippen LogP contribution in [-0.2, 0) is 16.6 Å². The number of carbonyl (C=O) groups is 1. The lowest BCUT2D eigenvalue weighted by Crippen LogP contribution is -2.42. The molecular formula is C23H29N3O4S. The van der Waals surface area contributed by atoms with E-state index in [0.29, 0.717) is 37.1 Å². The van der Waals surface area contributed by atoms with Crippen molar-refractivity contribution in [1.29, 1.82) is 0 Å². The van der Waals surface area contributed by atoms with E-state index in [1.54, 1.807) is 34.8 Å². The standard InChI is InChI=1S/C23H29N3O4S/c1-17-5-2-3-12-26(17)31(28,29)21-7-4-6-20(13-21)23(27)25-15-19-10-11-22(24-14-19)30-16-18-8-9-18/h4,6-7,10-11,13-14,17-18H,2-3,5,8-9,12,15-16H2,1H3,(H,25,27). The van der Waals surface area contributed by atoms with E-state index in [-0.39, 0.29) is 16.8 Å². The first kappa shape index (κ1) is 21.8. The second-order valence-corrected chi connectivity index (χ2v) is 10.3. The van der Waals surface area contributed by atoms with Crippen LogP contribution >= 0.6 is 0 Å². The van der Waals surface area contributed by atoms with E-state index in [2.05, 4.69) is 10.3 Å². The van der Waals surface area contributed by atoms with Gasteiger partial charge in [-0.3, -0.25) is 4.79 Å². The first-order chi connectivity index (χ1) is 14.9. The molecule has 31 heavy (non-hydrogen) atoms. The fraction of sp³-hybridized carbons (Fsp3) is 0.478. The zero-order valence-corrected chi connectivity index (χ0v) is 18.6. The molecule has 0 bridgehead atoms. The van der Waals surface area contributed by atoms with Crippen LogP contribution in [0.1, 0.15) is 54.9 Å². The summed E-state index contributed by atoms with van der Waals surface area (Å²) in [5, 5.41) is 2.83. The van der Waals surface area contributed by atoms with Crippen LogP contribution in [0.5, 0.6) is 5.88 Å². The Morgan fingerprint density at radius 2 is 2.03 bits per heavy atom. The Bertz CT molecular complexity index is 1020. The average Bonchev–Trinajstić information content (AvgIpc) is 3.61. The van der Waals surface area contributed by atoms with Gasteiger partial charge in [0.1, 0.15) is 0 Å². The molecule has 4 rings (SSSR count). The van der Waals surface area contributed by atoms with Crippen molar-refractivity contribution >= 4 is 15.9 Å². The summed E-state index contributed by atoms with van der Waals surface area (Å²) in [7, 11) is -3.62. The molecule has 8 heteroatoms. The Kier molecular flexibility index (Phi) is 6.57. The molecule has 1 aliphatic carbocycles. The van der Waals surface area contributed by atoms with Crippen molar-refractivity contribution in [2.45, 2.75) is 56.5 Å². The molecule has 2 fully saturated rings. The molecule has 1 atom stereocenters. The third-order valence-corrected chi connectivity index (χ3v) is 7.87. The summed E-state index contributed by atoms with van der Waals surface area (Å²) in [4.78, 5) is 17.1. The van der Waals surface area contributed by atoms with Gasteiger partial charge in [-0.15, -0.1) is 0 Å². The van der Waals surface area contributed by atoms with Crippen LogP contribution < -0.4 is 10.1 Å². The minimum Gasteiger partial charge on any atom is -0.477 e. The first-order valence-electron chi connectivity index (χ1n) is 10.9. The first-order valence-corrected chi connectivity index (χ1v) is 12.4. The van der Waals surface area contributed by atoms with Crippen LogP contribution in [0.3, 0.4) is 0 Å². The number of hydrogen-bond acceptors (Lipinski definition) is 5. The Hall–Kier alpha value is -2.45. The number of aromatic nitrogens is 1. The van der Waals surface area contributed by atoms with E-state index in [4.69, 9.17) is 4.74 Å². The molecular weight excluding hydrogens is 414 g/mol. The SMILES string of the molecule is CC1CCCCN1S(=O)(=O)c1cccc(C(=O)NCc2ccc(OCC3CC3)nc2)c1. The highest BCUT2D eigenvalue weighted by Gasteiger charge is 2.31. The summed E-state index contributed by atoms with van der Waals surface area (Å²) in [6.45, 7) is 3.46. The second kappa shape index (κ2) is 9.36. The molecule has 0 radical (unpaired) electrons. The maximum Gasteiger partial charge on any atom is 0.251 e. The van der Waals surface area contributed by atoms with Crippen molar-refractivity contribution in [2.75, 3.05) is 13.2 Å². The van der Waals surface area contributed by atoms with E-state index >= 15 is 0 Å². The van der Waals surface area contributed by atoms with Crippen molar-refractivity contribution < 1.29 is 17.9 Å².